The van der Waals surface area contributed by atoms with E-state index in [1.165, 1.54) is 0 Å². The van der Waals surface area contributed by atoms with Crippen LogP contribution in [0.5, 0.6) is 0 Å². The molecular weight excluding hydrogens is 250 g/mol. The zero-order valence-electron chi connectivity index (χ0n) is 11.1. The fraction of sp³-hybridized carbons (Fsp3) is 0.538. The van der Waals surface area contributed by atoms with Crippen molar-refractivity contribution in [1.82, 2.24) is 4.72 Å². The lowest BCUT2D eigenvalue weighted by Crippen LogP contribution is -2.32. The van der Waals surface area contributed by atoms with Crippen LogP contribution >= 0.6 is 0 Å². The summed E-state index contributed by atoms with van der Waals surface area (Å²) < 4.78 is 26.6. The van der Waals surface area contributed by atoms with Gasteiger partial charge in [-0.25, -0.2) is 13.1 Å². The fourth-order valence-electron chi connectivity index (χ4n) is 1.72. The number of sulfonamides is 1. The number of hydrogen-bond donors (Lipinski definition) is 2. The predicted molar refractivity (Wildman–Crippen MR) is 72.0 cm³/mol. The molecule has 1 unspecified atom stereocenters. The minimum atomic E-state index is -3.54. The van der Waals surface area contributed by atoms with E-state index in [1.807, 2.05) is 19.9 Å². The fourth-order valence-corrected chi connectivity index (χ4v) is 3.12. The third-order valence-electron chi connectivity index (χ3n) is 2.76. The van der Waals surface area contributed by atoms with Gasteiger partial charge >= 0.3 is 0 Å². The Bertz CT molecular complexity index is 497. The number of nitrogens with one attached hydrogen (secondary N) is 1. The van der Waals surface area contributed by atoms with Gasteiger partial charge in [0.15, 0.2) is 0 Å². The Labute approximate surface area is 109 Å². The Hall–Kier alpha value is -0.910. The van der Waals surface area contributed by atoms with Gasteiger partial charge in [0.1, 0.15) is 0 Å². The molecule has 0 bridgehead atoms. The Morgan fingerprint density at radius 3 is 2.61 bits per heavy atom. The molecule has 0 amide bonds. The second-order valence-electron chi connectivity index (χ2n) is 4.56. The molecule has 18 heavy (non-hydrogen) atoms. The van der Waals surface area contributed by atoms with E-state index in [9.17, 15) is 13.5 Å². The first kappa shape index (κ1) is 15.1. The Morgan fingerprint density at radius 2 is 2.00 bits per heavy atom. The Morgan fingerprint density at radius 1 is 1.33 bits per heavy atom. The topological polar surface area (TPSA) is 66.4 Å². The van der Waals surface area contributed by atoms with Gasteiger partial charge in [-0.3, -0.25) is 0 Å². The number of aliphatic hydroxyl groups excluding tert-OH is 1. The molecule has 0 saturated heterocycles. The van der Waals surface area contributed by atoms with E-state index in [2.05, 4.69) is 4.72 Å². The monoisotopic (exact) mass is 271 g/mol. The van der Waals surface area contributed by atoms with Gasteiger partial charge in [0, 0.05) is 6.54 Å². The van der Waals surface area contributed by atoms with E-state index in [0.717, 1.165) is 12.0 Å². The van der Waals surface area contributed by atoms with Crippen LogP contribution < -0.4 is 4.72 Å². The maximum Gasteiger partial charge on any atom is 0.240 e. The van der Waals surface area contributed by atoms with Crippen LogP contribution in [-0.4, -0.2) is 26.2 Å². The molecule has 0 radical (unpaired) electrons. The second kappa shape index (κ2) is 6.31. The highest BCUT2D eigenvalue weighted by Gasteiger charge is 2.17. The molecule has 2 N–H and O–H groups in total. The van der Waals surface area contributed by atoms with Crippen molar-refractivity contribution >= 4 is 10.0 Å². The third kappa shape index (κ3) is 4.08. The van der Waals surface area contributed by atoms with Gasteiger partial charge in [-0.05, 0) is 37.5 Å². The van der Waals surface area contributed by atoms with Gasteiger partial charge in [0.05, 0.1) is 11.0 Å². The highest BCUT2D eigenvalue weighted by molar-refractivity contribution is 7.89. The quantitative estimate of drug-likeness (QED) is 0.828. The van der Waals surface area contributed by atoms with Crippen LogP contribution in [-0.2, 0) is 10.0 Å². The Kier molecular flexibility index (Phi) is 5.31. The summed E-state index contributed by atoms with van der Waals surface area (Å²) >= 11 is 0. The van der Waals surface area contributed by atoms with E-state index < -0.39 is 16.1 Å². The average molecular weight is 271 g/mol. The van der Waals surface area contributed by atoms with Crippen LogP contribution in [0.3, 0.4) is 0 Å². The maximum absolute atomic E-state index is 12.1. The van der Waals surface area contributed by atoms with Crippen molar-refractivity contribution in [2.24, 2.45) is 0 Å². The van der Waals surface area contributed by atoms with Gasteiger partial charge in [0.25, 0.3) is 0 Å². The predicted octanol–water partition coefficient (Wildman–Crippen LogP) is 1.74. The van der Waals surface area contributed by atoms with Crippen LogP contribution in [0.25, 0.3) is 0 Å². The van der Waals surface area contributed by atoms with E-state index >= 15 is 0 Å². The van der Waals surface area contributed by atoms with E-state index in [-0.39, 0.29) is 11.4 Å². The van der Waals surface area contributed by atoms with E-state index in [0.29, 0.717) is 12.0 Å². The summed E-state index contributed by atoms with van der Waals surface area (Å²) in [7, 11) is -3.54. The van der Waals surface area contributed by atoms with Gasteiger partial charge in [-0.15, -0.1) is 0 Å². The summed E-state index contributed by atoms with van der Waals surface area (Å²) in [5.41, 5.74) is 1.60. The van der Waals surface area contributed by atoms with Gasteiger partial charge in [-0.1, -0.05) is 25.5 Å². The minimum Gasteiger partial charge on any atom is -0.392 e. The standard InChI is InChI=1S/C13H21NO3S/c1-4-5-12(15)9-14-18(16,17)13-8-10(2)6-7-11(13)3/h6-8,12,14-15H,4-5,9H2,1-3H3. The number of aliphatic hydroxyl groups is 1. The van der Waals surface area contributed by atoms with Gasteiger partial charge < -0.3 is 5.11 Å². The molecule has 0 saturated carbocycles. The van der Waals surface area contributed by atoms with Crippen LogP contribution in [0.15, 0.2) is 23.1 Å². The third-order valence-corrected chi connectivity index (χ3v) is 4.33. The molecule has 5 heteroatoms. The summed E-state index contributed by atoms with van der Waals surface area (Å²) in [4.78, 5) is 0.284. The molecule has 0 aliphatic rings. The normalized spacial score (nSPS) is 13.6. The molecule has 0 fully saturated rings. The molecule has 0 aliphatic carbocycles. The lowest BCUT2D eigenvalue weighted by molar-refractivity contribution is 0.167. The zero-order chi connectivity index (χ0) is 13.8. The summed E-state index contributed by atoms with van der Waals surface area (Å²) in [6.07, 6.45) is 0.789. The van der Waals surface area contributed by atoms with E-state index in [4.69, 9.17) is 0 Å². The molecule has 0 aliphatic heterocycles. The van der Waals surface area contributed by atoms with Gasteiger partial charge in [0.2, 0.25) is 10.0 Å². The first-order valence-corrected chi connectivity index (χ1v) is 7.60. The number of hydrogen-bond acceptors (Lipinski definition) is 3. The summed E-state index contributed by atoms with van der Waals surface area (Å²) in [6.45, 7) is 5.62. The largest absolute Gasteiger partial charge is 0.392 e. The number of rotatable bonds is 6. The van der Waals surface area contributed by atoms with Crippen LogP contribution in [0, 0.1) is 13.8 Å². The molecule has 0 heterocycles. The smallest absolute Gasteiger partial charge is 0.240 e. The molecule has 1 atom stereocenters. The molecule has 1 aromatic rings. The van der Waals surface area contributed by atoms with Crippen molar-refractivity contribution in [2.45, 2.75) is 44.6 Å². The molecule has 4 nitrogen and oxygen atoms in total. The number of aryl methyl sites for hydroxylation is 2. The molecule has 1 rings (SSSR count). The van der Waals surface area contributed by atoms with Crippen molar-refractivity contribution in [3.05, 3.63) is 29.3 Å². The highest BCUT2D eigenvalue weighted by Crippen LogP contribution is 2.16. The Balaban J connectivity index is 2.83. The highest BCUT2D eigenvalue weighted by atomic mass is 32.2. The van der Waals surface area contributed by atoms with Crippen molar-refractivity contribution in [3.8, 4) is 0 Å². The molecule has 0 spiro atoms. The summed E-state index contributed by atoms with van der Waals surface area (Å²) in [6, 6.07) is 5.30. The second-order valence-corrected chi connectivity index (χ2v) is 6.30. The van der Waals surface area contributed by atoms with Gasteiger partial charge in [-0.2, -0.15) is 0 Å². The van der Waals surface area contributed by atoms with Crippen molar-refractivity contribution in [3.63, 3.8) is 0 Å². The van der Waals surface area contributed by atoms with Crippen LogP contribution in [0.2, 0.25) is 0 Å². The first-order valence-electron chi connectivity index (χ1n) is 6.11. The molecule has 0 aromatic heterocycles. The van der Waals surface area contributed by atoms with Crippen molar-refractivity contribution in [1.29, 1.82) is 0 Å². The molecule has 1 aromatic carbocycles. The van der Waals surface area contributed by atoms with Crippen molar-refractivity contribution < 1.29 is 13.5 Å². The minimum absolute atomic E-state index is 0.0591. The van der Waals surface area contributed by atoms with E-state index in [1.54, 1.807) is 19.1 Å². The SMILES string of the molecule is CCCC(O)CNS(=O)(=O)c1cc(C)ccc1C. The maximum atomic E-state index is 12.1. The van der Waals surface area contributed by atoms with Crippen molar-refractivity contribution in [2.75, 3.05) is 6.54 Å². The number of benzene rings is 1. The van der Waals surface area contributed by atoms with Crippen LogP contribution in [0.4, 0.5) is 0 Å². The average Bonchev–Trinajstić information content (AvgIpc) is 2.30. The first-order chi connectivity index (χ1) is 8.36. The lowest BCUT2D eigenvalue weighted by Gasteiger charge is -2.13. The molecule has 102 valence electrons. The molecular formula is C13H21NO3S. The lowest BCUT2D eigenvalue weighted by atomic mass is 10.2. The zero-order valence-corrected chi connectivity index (χ0v) is 11.9. The van der Waals surface area contributed by atoms with Crippen LogP contribution in [0.1, 0.15) is 30.9 Å². The summed E-state index contributed by atoms with van der Waals surface area (Å²) in [5, 5.41) is 9.56. The summed E-state index contributed by atoms with van der Waals surface area (Å²) in [5.74, 6) is 0.